The first-order chi connectivity index (χ1) is 22.6. The smallest absolute Gasteiger partial charge is 0.116 e. The lowest BCUT2D eigenvalue weighted by Crippen LogP contribution is -2.07. The normalized spacial score (nSPS) is 13.3. The van der Waals surface area contributed by atoms with Gasteiger partial charge >= 0.3 is 8.25 Å². The van der Waals surface area contributed by atoms with Gasteiger partial charge in [0, 0.05) is 4.57 Å². The standard InChI is InChI=1S/C42H86O3P/c1-5-7-9-11-13-15-17-19-21-23-25-27-29-31-33-35-37-39-41(3)44-46(43)45-42(4)40-38-36-34-32-30-28-26-24-22-20-18-16-14-12-10-8-6-2/h41-42H,5-40H2,1-4H3/q+1. The number of rotatable bonds is 40. The molecule has 2 atom stereocenters. The second-order valence-corrected chi connectivity index (χ2v) is 15.8. The highest BCUT2D eigenvalue weighted by Crippen LogP contribution is 2.31. The van der Waals surface area contributed by atoms with Crippen LogP contribution in [0.3, 0.4) is 0 Å². The van der Waals surface area contributed by atoms with Crippen molar-refractivity contribution in [3.8, 4) is 0 Å². The fourth-order valence-electron chi connectivity index (χ4n) is 6.74. The molecule has 4 heteroatoms. The zero-order valence-electron chi connectivity index (χ0n) is 32.3. The van der Waals surface area contributed by atoms with Crippen LogP contribution < -0.4 is 0 Å². The molecule has 276 valence electrons. The molecule has 0 saturated carbocycles. The minimum atomic E-state index is -2.00. The molecule has 0 rings (SSSR count). The molecule has 2 unspecified atom stereocenters. The molecule has 0 aliphatic heterocycles. The first kappa shape index (κ1) is 46.0. The highest BCUT2D eigenvalue weighted by Gasteiger charge is 2.27. The molecule has 0 amide bonds. The summed E-state index contributed by atoms with van der Waals surface area (Å²) in [6, 6.07) is 0. The van der Waals surface area contributed by atoms with Crippen LogP contribution in [0.4, 0.5) is 0 Å². The summed E-state index contributed by atoms with van der Waals surface area (Å²) in [6.45, 7) is 8.68. The average Bonchev–Trinajstić information content (AvgIpc) is 3.03. The third-order valence-electron chi connectivity index (χ3n) is 9.96. The van der Waals surface area contributed by atoms with Crippen LogP contribution in [0.15, 0.2) is 0 Å². The SMILES string of the molecule is CCCCCCCCCCCCCCCCCCCC(C)O[P+](=O)OC(C)CCCCCCCCCCCCCCCCCCC. The maximum absolute atomic E-state index is 12.3. The second-order valence-electron chi connectivity index (χ2n) is 14.9. The van der Waals surface area contributed by atoms with E-state index in [0.717, 1.165) is 25.7 Å². The van der Waals surface area contributed by atoms with E-state index in [2.05, 4.69) is 13.8 Å². The Hall–Kier alpha value is 0.0200. The molecular weight excluding hydrogens is 583 g/mol. The van der Waals surface area contributed by atoms with Crippen molar-refractivity contribution in [3.63, 3.8) is 0 Å². The third kappa shape index (κ3) is 38.5. The van der Waals surface area contributed by atoms with E-state index in [9.17, 15) is 4.57 Å². The number of hydrogen-bond acceptors (Lipinski definition) is 3. The van der Waals surface area contributed by atoms with Gasteiger partial charge in [-0.1, -0.05) is 232 Å². The Kier molecular flexibility index (Phi) is 39.5. The highest BCUT2D eigenvalue weighted by atomic mass is 31.1. The summed E-state index contributed by atoms with van der Waals surface area (Å²) in [4.78, 5) is 0. The largest absolute Gasteiger partial charge is 0.697 e. The Balaban J connectivity index is 3.36. The Labute approximate surface area is 292 Å². The summed E-state index contributed by atoms with van der Waals surface area (Å²) in [5, 5.41) is 0. The Morgan fingerprint density at radius 1 is 0.326 bits per heavy atom. The Morgan fingerprint density at radius 2 is 0.500 bits per heavy atom. The molecule has 0 N–H and O–H groups in total. The molecule has 46 heavy (non-hydrogen) atoms. The van der Waals surface area contributed by atoms with Gasteiger partial charge in [0.2, 0.25) is 0 Å². The van der Waals surface area contributed by atoms with Gasteiger partial charge in [-0.05, 0) is 26.7 Å². The predicted octanol–water partition coefficient (Wildman–Crippen LogP) is 16.5. The molecule has 0 saturated heterocycles. The molecule has 0 aromatic carbocycles. The lowest BCUT2D eigenvalue weighted by atomic mass is 10.0. The molecule has 0 aromatic rings. The van der Waals surface area contributed by atoms with Crippen molar-refractivity contribution in [2.75, 3.05) is 0 Å². The van der Waals surface area contributed by atoms with Gasteiger partial charge in [0.1, 0.15) is 12.2 Å². The molecular formula is C42H86O3P+. The van der Waals surface area contributed by atoms with Crippen LogP contribution in [-0.4, -0.2) is 12.2 Å². The van der Waals surface area contributed by atoms with E-state index in [1.165, 1.54) is 205 Å². The summed E-state index contributed by atoms with van der Waals surface area (Å²) >= 11 is 0. The maximum Gasteiger partial charge on any atom is 0.697 e. The molecule has 0 spiro atoms. The fourth-order valence-corrected chi connectivity index (χ4v) is 7.59. The molecule has 0 aliphatic rings. The molecule has 0 heterocycles. The molecule has 0 radical (unpaired) electrons. The van der Waals surface area contributed by atoms with Crippen LogP contribution in [-0.2, 0) is 13.6 Å². The van der Waals surface area contributed by atoms with Crippen molar-refractivity contribution in [1.29, 1.82) is 0 Å². The van der Waals surface area contributed by atoms with Gasteiger partial charge in [-0.15, -0.1) is 9.05 Å². The first-order valence-corrected chi connectivity index (χ1v) is 22.5. The van der Waals surface area contributed by atoms with Gasteiger partial charge in [-0.2, -0.15) is 0 Å². The van der Waals surface area contributed by atoms with E-state index in [0.29, 0.717) is 0 Å². The summed E-state index contributed by atoms with van der Waals surface area (Å²) in [6.07, 6.45) is 49.4. The first-order valence-electron chi connectivity index (χ1n) is 21.4. The Bertz CT molecular complexity index is 535. The highest BCUT2D eigenvalue weighted by molar-refractivity contribution is 7.33. The Morgan fingerprint density at radius 3 is 0.696 bits per heavy atom. The van der Waals surface area contributed by atoms with Crippen molar-refractivity contribution in [2.45, 2.75) is 271 Å². The molecule has 3 nitrogen and oxygen atoms in total. The van der Waals surface area contributed by atoms with Gasteiger partial charge in [-0.25, -0.2) is 0 Å². The molecule has 0 aromatic heterocycles. The van der Waals surface area contributed by atoms with E-state index in [1.807, 2.05) is 13.8 Å². The predicted molar refractivity (Wildman–Crippen MR) is 206 cm³/mol. The molecule has 0 fully saturated rings. The third-order valence-corrected chi connectivity index (χ3v) is 11.0. The minimum Gasteiger partial charge on any atom is -0.116 e. The van der Waals surface area contributed by atoms with Crippen LogP contribution in [0, 0.1) is 0 Å². The van der Waals surface area contributed by atoms with Crippen LogP contribution in [0.2, 0.25) is 0 Å². The van der Waals surface area contributed by atoms with Gasteiger partial charge in [0.15, 0.2) is 0 Å². The van der Waals surface area contributed by atoms with Crippen LogP contribution >= 0.6 is 8.25 Å². The van der Waals surface area contributed by atoms with Crippen molar-refractivity contribution >= 4 is 8.25 Å². The zero-order chi connectivity index (χ0) is 33.6. The summed E-state index contributed by atoms with van der Waals surface area (Å²) in [7, 11) is -2.00. The van der Waals surface area contributed by atoms with Gasteiger partial charge in [0.05, 0.1) is 0 Å². The van der Waals surface area contributed by atoms with Crippen LogP contribution in [0.1, 0.15) is 259 Å². The van der Waals surface area contributed by atoms with Gasteiger partial charge in [0.25, 0.3) is 0 Å². The second kappa shape index (κ2) is 39.5. The van der Waals surface area contributed by atoms with Crippen LogP contribution in [0.5, 0.6) is 0 Å². The van der Waals surface area contributed by atoms with Crippen molar-refractivity contribution in [3.05, 3.63) is 0 Å². The van der Waals surface area contributed by atoms with Gasteiger partial charge in [-0.3, -0.25) is 0 Å². The van der Waals surface area contributed by atoms with E-state index < -0.39 is 8.25 Å². The van der Waals surface area contributed by atoms with Gasteiger partial charge < -0.3 is 0 Å². The van der Waals surface area contributed by atoms with Crippen molar-refractivity contribution in [1.82, 2.24) is 0 Å². The summed E-state index contributed by atoms with van der Waals surface area (Å²) in [5.41, 5.74) is 0. The van der Waals surface area contributed by atoms with E-state index in [-0.39, 0.29) is 12.2 Å². The number of unbranched alkanes of at least 4 members (excludes halogenated alkanes) is 32. The van der Waals surface area contributed by atoms with Crippen molar-refractivity contribution < 1.29 is 13.6 Å². The van der Waals surface area contributed by atoms with E-state index in [4.69, 9.17) is 9.05 Å². The average molecular weight is 670 g/mol. The quantitative estimate of drug-likeness (QED) is 0.0481. The molecule has 0 aliphatic carbocycles. The van der Waals surface area contributed by atoms with Crippen molar-refractivity contribution in [2.24, 2.45) is 0 Å². The lowest BCUT2D eigenvalue weighted by molar-refractivity contribution is 0.133. The van der Waals surface area contributed by atoms with E-state index in [1.54, 1.807) is 0 Å². The molecule has 0 bridgehead atoms. The summed E-state index contributed by atoms with van der Waals surface area (Å²) in [5.74, 6) is 0. The lowest BCUT2D eigenvalue weighted by Gasteiger charge is -2.07. The fraction of sp³-hybridized carbons (Fsp3) is 1.00. The summed E-state index contributed by atoms with van der Waals surface area (Å²) < 4.78 is 23.7. The minimum absolute atomic E-state index is 0.0208. The maximum atomic E-state index is 12.3. The monoisotopic (exact) mass is 670 g/mol. The van der Waals surface area contributed by atoms with E-state index >= 15 is 0 Å². The zero-order valence-corrected chi connectivity index (χ0v) is 33.2. The number of hydrogen-bond donors (Lipinski definition) is 0. The topological polar surface area (TPSA) is 35.5 Å². The van der Waals surface area contributed by atoms with Crippen LogP contribution in [0.25, 0.3) is 0 Å².